The molecule has 15 heteroatoms. The smallest absolute Gasteiger partial charge is 0.323 e. The number of likely N-dealkylation sites (N-methyl/N-ethyl adjacent to an activating group) is 4. The number of unbranched alkanes of at least 4 members (excludes halogenated alkanes) is 10. The van der Waals surface area contributed by atoms with E-state index in [2.05, 4.69) is 55.9 Å². The van der Waals surface area contributed by atoms with Crippen molar-refractivity contribution in [2.75, 3.05) is 73.2 Å². The maximum absolute atomic E-state index is 11.8. The van der Waals surface area contributed by atoms with E-state index in [1.54, 1.807) is 46.9 Å². The highest BCUT2D eigenvalue weighted by molar-refractivity contribution is 7.98. The molecule has 0 amide bonds. The molecular formula is C47H96N4O10S. The van der Waals surface area contributed by atoms with Gasteiger partial charge in [0.15, 0.2) is 0 Å². The fourth-order valence-corrected chi connectivity index (χ4v) is 5.70. The van der Waals surface area contributed by atoms with Crippen LogP contribution in [0.25, 0.3) is 0 Å². The van der Waals surface area contributed by atoms with E-state index in [9.17, 15) is 24.0 Å². The molecule has 0 spiro atoms. The van der Waals surface area contributed by atoms with Crippen LogP contribution in [0.1, 0.15) is 171 Å². The number of rotatable bonds is 35. The number of nitrogens with one attached hydrogen (secondary N) is 4. The Kier molecular flexibility index (Phi) is 54.6. The van der Waals surface area contributed by atoms with Gasteiger partial charge in [0.1, 0.15) is 24.2 Å². The van der Waals surface area contributed by atoms with Gasteiger partial charge >= 0.3 is 29.8 Å². The standard InChI is InChI=1S/C16H31NO4.C11H23NO2S.C11H23NO2.C9H19NO2/c1-4-6-8-12-20-15(18)11-10-14(17-3)16(19)21-13-9-7-5-2;1-4-5-6-8-14-11(13)10(12-2)7-9-15-3;1-5-6-7-8-14-11(13)10(12-4)9(2)3;1-4-5-6-7-12-9(11)8(2)10-3/h14,17H,4-13H2,1-3H3;10,12H,4-9H2,1-3H3;9-10,12H,5-8H2,1-4H3;8,10H,4-7H2,1-3H3/t14-;2*10-;8-/m0000/s1. The number of esters is 5. The largest absolute Gasteiger partial charge is 0.466 e. The van der Waals surface area contributed by atoms with Crippen LogP contribution in [0.15, 0.2) is 0 Å². The van der Waals surface area contributed by atoms with Crippen molar-refractivity contribution >= 4 is 41.6 Å². The fourth-order valence-electron chi connectivity index (χ4n) is 5.22. The summed E-state index contributed by atoms with van der Waals surface area (Å²) in [5.41, 5.74) is 0. The van der Waals surface area contributed by atoms with Crippen LogP contribution in [-0.4, -0.2) is 127 Å². The van der Waals surface area contributed by atoms with E-state index in [0.29, 0.717) is 39.5 Å². The number of hydrogen-bond donors (Lipinski definition) is 4. The minimum Gasteiger partial charge on any atom is -0.466 e. The molecule has 0 unspecified atom stereocenters. The molecule has 0 heterocycles. The lowest BCUT2D eigenvalue weighted by atomic mass is 10.1. The third kappa shape index (κ3) is 44.2. The molecule has 0 aromatic heterocycles. The third-order valence-corrected chi connectivity index (χ3v) is 10.2. The van der Waals surface area contributed by atoms with Crippen molar-refractivity contribution in [1.29, 1.82) is 0 Å². The Morgan fingerprint density at radius 1 is 0.452 bits per heavy atom. The van der Waals surface area contributed by atoms with Gasteiger partial charge in [-0.1, -0.05) is 113 Å². The van der Waals surface area contributed by atoms with Gasteiger partial charge in [0.2, 0.25) is 0 Å². The number of carbonyl (C=O) groups is 5. The molecule has 0 fully saturated rings. The van der Waals surface area contributed by atoms with Crippen molar-refractivity contribution in [2.24, 2.45) is 5.92 Å². The van der Waals surface area contributed by atoms with E-state index < -0.39 is 6.04 Å². The molecule has 14 nitrogen and oxygen atoms in total. The van der Waals surface area contributed by atoms with Crippen molar-refractivity contribution < 1.29 is 47.7 Å². The van der Waals surface area contributed by atoms with E-state index in [0.717, 1.165) is 108 Å². The van der Waals surface area contributed by atoms with Gasteiger partial charge in [-0.25, -0.2) is 0 Å². The highest BCUT2D eigenvalue weighted by atomic mass is 32.2. The Morgan fingerprint density at radius 3 is 1.13 bits per heavy atom. The Balaban J connectivity index is -0.000000370. The first-order valence-electron chi connectivity index (χ1n) is 23.8. The van der Waals surface area contributed by atoms with Gasteiger partial charge in [-0.3, -0.25) is 24.0 Å². The number of thioether (sulfide) groups is 1. The van der Waals surface area contributed by atoms with E-state index in [4.69, 9.17) is 23.7 Å². The van der Waals surface area contributed by atoms with Crippen molar-refractivity contribution in [3.8, 4) is 0 Å². The van der Waals surface area contributed by atoms with Gasteiger partial charge < -0.3 is 45.0 Å². The van der Waals surface area contributed by atoms with Crippen LogP contribution in [0.5, 0.6) is 0 Å². The van der Waals surface area contributed by atoms with Gasteiger partial charge in [-0.15, -0.1) is 0 Å². The number of carbonyl (C=O) groups excluding carboxylic acids is 5. The van der Waals surface area contributed by atoms with Crippen molar-refractivity contribution in [3.05, 3.63) is 0 Å². The van der Waals surface area contributed by atoms with Crippen molar-refractivity contribution in [2.45, 2.75) is 195 Å². The minimum atomic E-state index is -0.435. The SMILES string of the molecule is CCCCCOC(=O)CC[C@H](NC)C(=O)OCCCCC.CCCCCOC(=O)[C@@H](NC)C(C)C.CCCCCOC(=O)[C@H](C)NC.CCCCCOC(=O)[C@H](CCSC)NC. The quantitative estimate of drug-likeness (QED) is 0.0272. The maximum Gasteiger partial charge on any atom is 0.323 e. The second-order valence-electron chi connectivity index (χ2n) is 15.4. The number of hydrogen-bond acceptors (Lipinski definition) is 15. The molecule has 0 aliphatic rings. The lowest BCUT2D eigenvalue weighted by Gasteiger charge is -2.18. The van der Waals surface area contributed by atoms with Crippen molar-refractivity contribution in [3.63, 3.8) is 0 Å². The lowest BCUT2D eigenvalue weighted by molar-refractivity contribution is -0.148. The van der Waals surface area contributed by atoms with Gasteiger partial charge in [-0.05, 0) is 98.0 Å². The topological polar surface area (TPSA) is 180 Å². The van der Waals surface area contributed by atoms with Crippen LogP contribution in [-0.2, 0) is 47.7 Å². The average Bonchev–Trinajstić information content (AvgIpc) is 3.26. The summed E-state index contributed by atoms with van der Waals surface area (Å²) in [4.78, 5) is 57.5. The van der Waals surface area contributed by atoms with E-state index in [1.165, 1.54) is 0 Å². The van der Waals surface area contributed by atoms with Gasteiger partial charge in [0.25, 0.3) is 0 Å². The third-order valence-electron chi connectivity index (χ3n) is 9.51. The molecule has 0 bridgehead atoms. The van der Waals surface area contributed by atoms with Gasteiger partial charge in [0.05, 0.1) is 33.0 Å². The predicted octanol–water partition coefficient (Wildman–Crippen LogP) is 8.17. The summed E-state index contributed by atoms with van der Waals surface area (Å²) in [5.74, 6) is 0.335. The highest BCUT2D eigenvalue weighted by Gasteiger charge is 2.22. The van der Waals surface area contributed by atoms with Crippen LogP contribution < -0.4 is 21.3 Å². The molecule has 370 valence electrons. The van der Waals surface area contributed by atoms with E-state index >= 15 is 0 Å². The predicted molar refractivity (Wildman–Crippen MR) is 257 cm³/mol. The summed E-state index contributed by atoms with van der Waals surface area (Å²) in [5, 5.41) is 11.7. The summed E-state index contributed by atoms with van der Waals surface area (Å²) in [6.07, 6.45) is 19.4. The molecule has 0 saturated heterocycles. The first-order valence-corrected chi connectivity index (χ1v) is 25.2. The zero-order valence-corrected chi connectivity index (χ0v) is 42.7. The molecule has 62 heavy (non-hydrogen) atoms. The first kappa shape index (κ1) is 66.1. The van der Waals surface area contributed by atoms with Crippen LogP contribution in [0.4, 0.5) is 0 Å². The highest BCUT2D eigenvalue weighted by Crippen LogP contribution is 2.07. The van der Waals surface area contributed by atoms with Crippen LogP contribution in [0.3, 0.4) is 0 Å². The zero-order chi connectivity index (χ0) is 47.8. The molecular weight excluding hydrogens is 813 g/mol. The molecule has 0 rings (SSSR count). The molecule has 0 aromatic rings. The monoisotopic (exact) mass is 909 g/mol. The van der Waals surface area contributed by atoms with Gasteiger partial charge in [0, 0.05) is 6.42 Å². The molecule has 0 radical (unpaired) electrons. The Morgan fingerprint density at radius 2 is 0.806 bits per heavy atom. The summed E-state index contributed by atoms with van der Waals surface area (Å²) >= 11 is 1.75. The van der Waals surface area contributed by atoms with Crippen LogP contribution in [0.2, 0.25) is 0 Å². The lowest BCUT2D eigenvalue weighted by Crippen LogP contribution is -2.40. The van der Waals surface area contributed by atoms with Crippen LogP contribution in [0, 0.1) is 5.92 Å². The summed E-state index contributed by atoms with van der Waals surface area (Å²) < 4.78 is 25.6. The minimum absolute atomic E-state index is 0.109. The molecule has 0 saturated carbocycles. The van der Waals surface area contributed by atoms with Crippen molar-refractivity contribution in [1.82, 2.24) is 21.3 Å². The van der Waals surface area contributed by atoms with Gasteiger partial charge in [-0.2, -0.15) is 11.8 Å². The average molecular weight is 909 g/mol. The summed E-state index contributed by atoms with van der Waals surface area (Å²) in [6, 6.07) is -0.933. The molecule has 4 N–H and O–H groups in total. The first-order chi connectivity index (χ1) is 29.8. The molecule has 0 aliphatic heterocycles. The van der Waals surface area contributed by atoms with Crippen LogP contribution >= 0.6 is 11.8 Å². The summed E-state index contributed by atoms with van der Waals surface area (Å²) in [7, 11) is 7.04. The second-order valence-corrected chi connectivity index (χ2v) is 16.4. The normalized spacial score (nSPS) is 12.4. The Labute approximate surface area is 383 Å². The van der Waals surface area contributed by atoms with E-state index in [-0.39, 0.29) is 60.3 Å². The molecule has 0 aliphatic carbocycles. The fraction of sp³-hybridized carbons (Fsp3) is 0.894. The molecule has 0 aromatic carbocycles. The number of ether oxygens (including phenoxy) is 5. The summed E-state index contributed by atoms with van der Waals surface area (Å²) in [6.45, 7) is 19.0. The molecule has 4 atom stereocenters. The Bertz CT molecular complexity index is 1040. The van der Waals surface area contributed by atoms with E-state index in [1.807, 2.05) is 20.1 Å². The Hall–Kier alpha value is -2.46. The zero-order valence-electron chi connectivity index (χ0n) is 41.8. The maximum atomic E-state index is 11.8. The second kappa shape index (κ2) is 51.2.